The fourth-order valence-corrected chi connectivity index (χ4v) is 1.24. The molecule has 1 aromatic heterocycles. The first kappa shape index (κ1) is 11.9. The van der Waals surface area contributed by atoms with Gasteiger partial charge in [0.2, 0.25) is 11.8 Å². The number of rotatable bonds is 5. The summed E-state index contributed by atoms with van der Waals surface area (Å²) in [6.45, 7) is 0. The minimum Gasteiger partial charge on any atom is -0.481 e. The second-order valence-electron chi connectivity index (χ2n) is 2.83. The quantitative estimate of drug-likeness (QED) is 0.725. The Bertz CT molecular complexity index is 339. The van der Waals surface area contributed by atoms with Crippen molar-refractivity contribution in [3.63, 3.8) is 0 Å². The SMILES string of the molecule is COc1ccc(C=CCCCl)c(OC)n1. The summed E-state index contributed by atoms with van der Waals surface area (Å²) in [6, 6.07) is 3.69. The highest BCUT2D eigenvalue weighted by Gasteiger charge is 2.02. The molecule has 1 heterocycles. The molecule has 0 radical (unpaired) electrons. The molecule has 0 amide bonds. The predicted molar refractivity (Wildman–Crippen MR) is 61.7 cm³/mol. The summed E-state index contributed by atoms with van der Waals surface area (Å²) in [6.07, 6.45) is 4.75. The summed E-state index contributed by atoms with van der Waals surface area (Å²) < 4.78 is 10.1. The van der Waals surface area contributed by atoms with E-state index in [0.717, 1.165) is 12.0 Å². The van der Waals surface area contributed by atoms with Gasteiger partial charge in [0.25, 0.3) is 0 Å². The molecule has 0 aliphatic carbocycles. The van der Waals surface area contributed by atoms with E-state index in [1.54, 1.807) is 20.3 Å². The number of methoxy groups -OCH3 is 2. The normalized spacial score (nSPS) is 10.6. The summed E-state index contributed by atoms with van der Waals surface area (Å²) in [5, 5.41) is 0. The number of allylic oxidation sites excluding steroid dienone is 1. The molecule has 4 heteroatoms. The maximum atomic E-state index is 5.57. The molecule has 0 fully saturated rings. The highest BCUT2D eigenvalue weighted by atomic mass is 35.5. The third-order valence-corrected chi connectivity index (χ3v) is 2.06. The molecule has 1 aromatic rings. The Morgan fingerprint density at radius 1 is 1.33 bits per heavy atom. The number of halogens is 1. The zero-order valence-electron chi connectivity index (χ0n) is 8.87. The van der Waals surface area contributed by atoms with Crippen LogP contribution in [0.5, 0.6) is 11.8 Å². The van der Waals surface area contributed by atoms with Crippen molar-refractivity contribution in [2.45, 2.75) is 6.42 Å². The lowest BCUT2D eigenvalue weighted by atomic mass is 10.2. The number of alkyl halides is 1. The molecule has 82 valence electrons. The number of nitrogens with zero attached hydrogens (tertiary/aromatic N) is 1. The van der Waals surface area contributed by atoms with Gasteiger partial charge < -0.3 is 9.47 Å². The van der Waals surface area contributed by atoms with Crippen molar-refractivity contribution in [3.8, 4) is 11.8 Å². The van der Waals surface area contributed by atoms with Crippen LogP contribution in [-0.4, -0.2) is 25.1 Å². The molecule has 0 aromatic carbocycles. The molecule has 1 rings (SSSR count). The fraction of sp³-hybridized carbons (Fsp3) is 0.364. The maximum Gasteiger partial charge on any atom is 0.223 e. The van der Waals surface area contributed by atoms with Crippen LogP contribution in [0, 0.1) is 0 Å². The van der Waals surface area contributed by atoms with Crippen LogP contribution in [0.25, 0.3) is 6.08 Å². The third-order valence-electron chi connectivity index (χ3n) is 1.84. The van der Waals surface area contributed by atoms with E-state index >= 15 is 0 Å². The number of hydrogen-bond donors (Lipinski definition) is 0. The van der Waals surface area contributed by atoms with Gasteiger partial charge in [-0.1, -0.05) is 12.2 Å². The first-order valence-electron chi connectivity index (χ1n) is 4.63. The molecular formula is C11H14ClNO2. The van der Waals surface area contributed by atoms with Crippen molar-refractivity contribution in [2.24, 2.45) is 0 Å². The molecule has 15 heavy (non-hydrogen) atoms. The Hall–Kier alpha value is -1.22. The molecule has 0 spiro atoms. The molecule has 0 saturated heterocycles. The highest BCUT2D eigenvalue weighted by Crippen LogP contribution is 2.20. The second-order valence-corrected chi connectivity index (χ2v) is 3.21. The molecule has 0 aliphatic heterocycles. The monoisotopic (exact) mass is 227 g/mol. The van der Waals surface area contributed by atoms with E-state index in [9.17, 15) is 0 Å². The predicted octanol–water partition coefficient (Wildman–Crippen LogP) is 2.74. The van der Waals surface area contributed by atoms with Crippen LogP contribution < -0.4 is 9.47 Å². The van der Waals surface area contributed by atoms with Gasteiger partial charge in [-0.05, 0) is 12.5 Å². The summed E-state index contributed by atoms with van der Waals surface area (Å²) in [5.74, 6) is 1.71. The molecule has 0 saturated carbocycles. The molecule has 0 bridgehead atoms. The van der Waals surface area contributed by atoms with E-state index < -0.39 is 0 Å². The fourth-order valence-electron chi connectivity index (χ4n) is 1.11. The highest BCUT2D eigenvalue weighted by molar-refractivity contribution is 6.17. The van der Waals surface area contributed by atoms with E-state index in [1.807, 2.05) is 18.2 Å². The second kappa shape index (κ2) is 6.30. The Labute approximate surface area is 94.7 Å². The zero-order valence-corrected chi connectivity index (χ0v) is 9.62. The molecule has 0 N–H and O–H groups in total. The first-order chi connectivity index (χ1) is 7.31. The first-order valence-corrected chi connectivity index (χ1v) is 5.16. The van der Waals surface area contributed by atoms with Crippen molar-refractivity contribution in [1.82, 2.24) is 4.98 Å². The summed E-state index contributed by atoms with van der Waals surface area (Å²) in [5.41, 5.74) is 0.920. The Morgan fingerprint density at radius 2 is 2.13 bits per heavy atom. The van der Waals surface area contributed by atoms with Gasteiger partial charge in [0, 0.05) is 17.5 Å². The van der Waals surface area contributed by atoms with Crippen LogP contribution in [0.15, 0.2) is 18.2 Å². The van der Waals surface area contributed by atoms with Gasteiger partial charge in [-0.2, -0.15) is 4.98 Å². The zero-order chi connectivity index (χ0) is 11.1. The Balaban J connectivity index is 2.87. The van der Waals surface area contributed by atoms with Crippen molar-refractivity contribution in [3.05, 3.63) is 23.8 Å². The van der Waals surface area contributed by atoms with Crippen LogP contribution in [0.1, 0.15) is 12.0 Å². The van der Waals surface area contributed by atoms with Crippen LogP contribution in [0.2, 0.25) is 0 Å². The lowest BCUT2D eigenvalue weighted by Crippen LogP contribution is -1.94. The topological polar surface area (TPSA) is 31.4 Å². The molecule has 0 aliphatic rings. The molecular weight excluding hydrogens is 214 g/mol. The maximum absolute atomic E-state index is 5.57. The number of pyridine rings is 1. The van der Waals surface area contributed by atoms with Crippen LogP contribution >= 0.6 is 11.6 Å². The third kappa shape index (κ3) is 3.44. The van der Waals surface area contributed by atoms with Gasteiger partial charge in [0.05, 0.1) is 14.2 Å². The number of aromatic nitrogens is 1. The standard InChI is InChI=1S/C11H14ClNO2/c1-14-10-7-6-9(5-3-4-8-12)11(13-10)15-2/h3,5-7H,4,8H2,1-2H3. The summed E-state index contributed by atoms with van der Waals surface area (Å²) in [4.78, 5) is 4.16. The average Bonchev–Trinajstić information content (AvgIpc) is 2.29. The van der Waals surface area contributed by atoms with E-state index in [2.05, 4.69) is 4.98 Å². The van der Waals surface area contributed by atoms with Gasteiger partial charge in [0.15, 0.2) is 0 Å². The number of ether oxygens (including phenoxy) is 2. The largest absolute Gasteiger partial charge is 0.481 e. The van der Waals surface area contributed by atoms with Crippen LogP contribution in [0.4, 0.5) is 0 Å². The summed E-state index contributed by atoms with van der Waals surface area (Å²) >= 11 is 5.57. The van der Waals surface area contributed by atoms with E-state index in [1.165, 1.54) is 0 Å². The Morgan fingerprint density at radius 3 is 2.73 bits per heavy atom. The lowest BCUT2D eigenvalue weighted by Gasteiger charge is -2.05. The minimum absolute atomic E-state index is 0.543. The lowest BCUT2D eigenvalue weighted by molar-refractivity contribution is 0.364. The number of hydrogen-bond acceptors (Lipinski definition) is 3. The smallest absolute Gasteiger partial charge is 0.223 e. The van der Waals surface area contributed by atoms with Gasteiger partial charge in [-0.25, -0.2) is 0 Å². The van der Waals surface area contributed by atoms with Gasteiger partial charge >= 0.3 is 0 Å². The molecule has 0 atom stereocenters. The Kier molecular flexibility index (Phi) is 4.98. The van der Waals surface area contributed by atoms with E-state index in [-0.39, 0.29) is 0 Å². The van der Waals surface area contributed by atoms with Gasteiger partial charge in [-0.3, -0.25) is 0 Å². The van der Waals surface area contributed by atoms with Crippen molar-refractivity contribution >= 4 is 17.7 Å². The van der Waals surface area contributed by atoms with Crippen molar-refractivity contribution in [2.75, 3.05) is 20.1 Å². The molecule has 3 nitrogen and oxygen atoms in total. The van der Waals surface area contributed by atoms with Crippen molar-refractivity contribution < 1.29 is 9.47 Å². The van der Waals surface area contributed by atoms with E-state index in [4.69, 9.17) is 21.1 Å². The van der Waals surface area contributed by atoms with Gasteiger partial charge in [-0.15, -0.1) is 11.6 Å². The van der Waals surface area contributed by atoms with Crippen LogP contribution in [-0.2, 0) is 0 Å². The van der Waals surface area contributed by atoms with E-state index in [0.29, 0.717) is 17.6 Å². The van der Waals surface area contributed by atoms with Gasteiger partial charge in [0.1, 0.15) is 0 Å². The molecule has 0 unspecified atom stereocenters. The minimum atomic E-state index is 0.543. The average molecular weight is 228 g/mol. The van der Waals surface area contributed by atoms with Crippen molar-refractivity contribution in [1.29, 1.82) is 0 Å². The summed E-state index contributed by atoms with van der Waals surface area (Å²) in [7, 11) is 3.16. The van der Waals surface area contributed by atoms with Crippen LogP contribution in [0.3, 0.4) is 0 Å².